The molecule has 0 aliphatic carbocycles. The molecule has 16 heavy (non-hydrogen) atoms. The number of carbonyl (C=O) groups excluding carboxylic acids is 2. The highest BCUT2D eigenvalue weighted by atomic mass is 16.4. The highest BCUT2D eigenvalue weighted by molar-refractivity contribution is 5.88. The Balaban J connectivity index is 4.35. The Labute approximate surface area is 94.2 Å². The predicted octanol–water partition coefficient (Wildman–Crippen LogP) is -0.133. The van der Waals surface area contributed by atoms with Gasteiger partial charge in [-0.3, -0.25) is 9.59 Å². The lowest BCUT2D eigenvalue weighted by Crippen LogP contribution is -2.44. The van der Waals surface area contributed by atoms with Crippen molar-refractivity contribution in [2.75, 3.05) is 0 Å². The molecule has 0 aromatic rings. The van der Waals surface area contributed by atoms with E-state index in [1.807, 2.05) is 20.8 Å². The normalized spacial score (nSPS) is 12.9. The molecule has 0 bridgehead atoms. The van der Waals surface area contributed by atoms with Crippen LogP contribution in [0.4, 0.5) is 0 Å². The zero-order valence-electron chi connectivity index (χ0n) is 9.74. The molecular formula is C10H18N2O4. The average molecular weight is 230 g/mol. The first-order valence-corrected chi connectivity index (χ1v) is 4.92. The molecule has 0 saturated heterocycles. The summed E-state index contributed by atoms with van der Waals surface area (Å²) in [6.45, 7) is 5.57. The van der Waals surface area contributed by atoms with Gasteiger partial charge >= 0.3 is 5.97 Å². The number of hydrogen-bond acceptors (Lipinski definition) is 3. The maximum atomic E-state index is 11.4. The number of amides is 2. The van der Waals surface area contributed by atoms with Crippen molar-refractivity contribution in [1.29, 1.82) is 0 Å². The molecule has 0 unspecified atom stereocenters. The summed E-state index contributed by atoms with van der Waals surface area (Å²) in [7, 11) is 0. The lowest BCUT2D eigenvalue weighted by Gasteiger charge is -2.19. The Bertz CT molecular complexity index is 294. The molecule has 2 amide bonds. The number of carboxylic acid groups (broad SMARTS) is 1. The number of hydrogen-bond donors (Lipinski definition) is 3. The molecule has 1 atom stereocenters. The molecule has 0 saturated carbocycles. The van der Waals surface area contributed by atoms with Crippen LogP contribution in [0.3, 0.4) is 0 Å². The number of carboxylic acids is 1. The van der Waals surface area contributed by atoms with Gasteiger partial charge in [0.1, 0.15) is 6.04 Å². The van der Waals surface area contributed by atoms with Gasteiger partial charge in [-0.25, -0.2) is 4.79 Å². The van der Waals surface area contributed by atoms with Crippen molar-refractivity contribution < 1.29 is 19.5 Å². The van der Waals surface area contributed by atoms with Gasteiger partial charge in [-0.05, 0) is 5.41 Å². The fraction of sp³-hybridized carbons (Fsp3) is 0.700. The molecule has 6 heteroatoms. The molecule has 4 N–H and O–H groups in total. The van der Waals surface area contributed by atoms with Gasteiger partial charge in [0.2, 0.25) is 11.8 Å². The Morgan fingerprint density at radius 3 is 2.12 bits per heavy atom. The first kappa shape index (κ1) is 14.4. The van der Waals surface area contributed by atoms with Crippen LogP contribution >= 0.6 is 0 Å². The first-order chi connectivity index (χ1) is 7.11. The average Bonchev–Trinajstić information content (AvgIpc) is 1.97. The van der Waals surface area contributed by atoms with E-state index in [0.29, 0.717) is 0 Å². The van der Waals surface area contributed by atoms with E-state index in [-0.39, 0.29) is 11.8 Å². The summed E-state index contributed by atoms with van der Waals surface area (Å²) >= 11 is 0. The van der Waals surface area contributed by atoms with Crippen molar-refractivity contribution in [3.8, 4) is 0 Å². The quantitative estimate of drug-likeness (QED) is 0.611. The highest BCUT2D eigenvalue weighted by Crippen LogP contribution is 2.17. The second-order valence-electron chi connectivity index (χ2n) is 4.87. The van der Waals surface area contributed by atoms with E-state index >= 15 is 0 Å². The number of primary amides is 1. The number of nitrogens with two attached hydrogens (primary N) is 1. The topological polar surface area (TPSA) is 109 Å². The summed E-state index contributed by atoms with van der Waals surface area (Å²) in [6, 6.07) is -1.24. The van der Waals surface area contributed by atoms with Crippen LogP contribution in [0, 0.1) is 5.41 Å². The smallest absolute Gasteiger partial charge is 0.326 e. The van der Waals surface area contributed by atoms with Crippen LogP contribution < -0.4 is 11.1 Å². The van der Waals surface area contributed by atoms with E-state index in [4.69, 9.17) is 10.8 Å². The Morgan fingerprint density at radius 1 is 1.31 bits per heavy atom. The summed E-state index contributed by atoms with van der Waals surface area (Å²) in [4.78, 5) is 32.7. The van der Waals surface area contributed by atoms with Gasteiger partial charge in [-0.2, -0.15) is 0 Å². The van der Waals surface area contributed by atoms with Crippen molar-refractivity contribution >= 4 is 17.8 Å². The van der Waals surface area contributed by atoms with Crippen LogP contribution in [0.25, 0.3) is 0 Å². The number of rotatable bonds is 5. The van der Waals surface area contributed by atoms with Crippen molar-refractivity contribution in [3.05, 3.63) is 0 Å². The molecule has 0 aromatic heterocycles. The van der Waals surface area contributed by atoms with Gasteiger partial charge in [-0.15, -0.1) is 0 Å². The number of carbonyl (C=O) groups is 3. The fourth-order valence-corrected chi connectivity index (χ4v) is 1.13. The molecule has 0 fully saturated rings. The summed E-state index contributed by atoms with van der Waals surface area (Å²) in [5.74, 6) is -2.43. The largest absolute Gasteiger partial charge is 0.480 e. The second-order valence-corrected chi connectivity index (χ2v) is 4.87. The van der Waals surface area contributed by atoms with Crippen LogP contribution in [-0.4, -0.2) is 28.9 Å². The molecule has 0 aliphatic heterocycles. The third-order valence-corrected chi connectivity index (χ3v) is 1.73. The molecule has 0 rings (SSSR count). The zero-order valence-corrected chi connectivity index (χ0v) is 9.74. The SMILES string of the molecule is CC(C)(C)CC(=O)N[C@H](CC(N)=O)C(=O)O. The van der Waals surface area contributed by atoms with Crippen LogP contribution in [0.15, 0.2) is 0 Å². The van der Waals surface area contributed by atoms with E-state index in [0.717, 1.165) is 0 Å². The van der Waals surface area contributed by atoms with E-state index in [2.05, 4.69) is 5.32 Å². The summed E-state index contributed by atoms with van der Waals surface area (Å²) in [5.41, 5.74) is 4.64. The van der Waals surface area contributed by atoms with Crippen LogP contribution in [0.5, 0.6) is 0 Å². The summed E-state index contributed by atoms with van der Waals surface area (Å²) < 4.78 is 0. The predicted molar refractivity (Wildman–Crippen MR) is 57.4 cm³/mol. The summed E-state index contributed by atoms with van der Waals surface area (Å²) in [6.07, 6.45) is -0.208. The van der Waals surface area contributed by atoms with Gasteiger partial charge in [0.05, 0.1) is 6.42 Å². The van der Waals surface area contributed by atoms with Crippen LogP contribution in [-0.2, 0) is 14.4 Å². The van der Waals surface area contributed by atoms with Crippen molar-refractivity contribution in [2.45, 2.75) is 39.7 Å². The third kappa shape index (κ3) is 6.80. The van der Waals surface area contributed by atoms with Crippen LogP contribution in [0.1, 0.15) is 33.6 Å². The van der Waals surface area contributed by atoms with Gasteiger partial charge < -0.3 is 16.2 Å². The van der Waals surface area contributed by atoms with Crippen LogP contribution in [0.2, 0.25) is 0 Å². The first-order valence-electron chi connectivity index (χ1n) is 4.92. The number of aliphatic carboxylic acids is 1. The second kappa shape index (κ2) is 5.48. The van der Waals surface area contributed by atoms with Crippen molar-refractivity contribution in [2.24, 2.45) is 11.1 Å². The lowest BCUT2D eigenvalue weighted by atomic mass is 9.92. The summed E-state index contributed by atoms with van der Waals surface area (Å²) in [5, 5.41) is 11.0. The maximum Gasteiger partial charge on any atom is 0.326 e. The Hall–Kier alpha value is -1.59. The van der Waals surface area contributed by atoms with E-state index in [9.17, 15) is 14.4 Å². The van der Waals surface area contributed by atoms with E-state index in [1.165, 1.54) is 0 Å². The van der Waals surface area contributed by atoms with Gasteiger partial charge in [0.15, 0.2) is 0 Å². The minimum Gasteiger partial charge on any atom is -0.480 e. The molecule has 0 spiro atoms. The number of nitrogens with one attached hydrogen (secondary N) is 1. The Kier molecular flexibility index (Phi) is 4.94. The van der Waals surface area contributed by atoms with Crippen molar-refractivity contribution in [1.82, 2.24) is 5.32 Å². The van der Waals surface area contributed by atoms with Crippen molar-refractivity contribution in [3.63, 3.8) is 0 Å². The lowest BCUT2D eigenvalue weighted by molar-refractivity contribution is -0.143. The van der Waals surface area contributed by atoms with Gasteiger partial charge in [0.25, 0.3) is 0 Å². The fourth-order valence-electron chi connectivity index (χ4n) is 1.13. The minimum absolute atomic E-state index is 0.190. The molecule has 0 radical (unpaired) electrons. The maximum absolute atomic E-state index is 11.4. The minimum atomic E-state index is -1.26. The zero-order chi connectivity index (χ0) is 12.9. The standard InChI is InChI=1S/C10H18N2O4/c1-10(2,3)5-8(14)12-6(9(15)16)4-7(11)13/h6H,4-5H2,1-3H3,(H2,11,13)(H,12,14)(H,15,16)/t6-/m1/s1. The van der Waals surface area contributed by atoms with Gasteiger partial charge in [0, 0.05) is 6.42 Å². The molecule has 0 heterocycles. The molecule has 92 valence electrons. The Morgan fingerprint density at radius 2 is 1.81 bits per heavy atom. The molecule has 0 aromatic carbocycles. The monoisotopic (exact) mass is 230 g/mol. The van der Waals surface area contributed by atoms with E-state index < -0.39 is 30.2 Å². The molecular weight excluding hydrogens is 212 g/mol. The third-order valence-electron chi connectivity index (χ3n) is 1.73. The molecule has 0 aliphatic rings. The van der Waals surface area contributed by atoms with Gasteiger partial charge in [-0.1, -0.05) is 20.8 Å². The highest BCUT2D eigenvalue weighted by Gasteiger charge is 2.24. The molecule has 6 nitrogen and oxygen atoms in total. The van der Waals surface area contributed by atoms with E-state index in [1.54, 1.807) is 0 Å².